The lowest BCUT2D eigenvalue weighted by Gasteiger charge is -2.16. The molecule has 2 aromatic rings. The van der Waals surface area contributed by atoms with Crippen LogP contribution in [-0.4, -0.2) is 35.7 Å². The lowest BCUT2D eigenvalue weighted by Crippen LogP contribution is -2.32. The summed E-state index contributed by atoms with van der Waals surface area (Å²) in [7, 11) is 0. The summed E-state index contributed by atoms with van der Waals surface area (Å²) < 4.78 is 0. The van der Waals surface area contributed by atoms with Gasteiger partial charge in [-0.3, -0.25) is 14.4 Å². The van der Waals surface area contributed by atoms with Crippen LogP contribution >= 0.6 is 0 Å². The average Bonchev–Trinajstić information content (AvgIpc) is 3.05. The molecule has 1 heterocycles. The van der Waals surface area contributed by atoms with Crippen LogP contribution in [0.25, 0.3) is 0 Å². The first kappa shape index (κ1) is 17.7. The van der Waals surface area contributed by atoms with Gasteiger partial charge in [-0.1, -0.05) is 30.3 Å². The third-order valence-corrected chi connectivity index (χ3v) is 4.20. The van der Waals surface area contributed by atoms with Crippen LogP contribution in [0.2, 0.25) is 0 Å². The summed E-state index contributed by atoms with van der Waals surface area (Å²) in [6, 6.07) is 16.2. The summed E-state index contributed by atoms with van der Waals surface area (Å²) in [4.78, 5) is 37.6. The molecule has 1 saturated heterocycles. The van der Waals surface area contributed by atoms with E-state index < -0.39 is 0 Å². The Morgan fingerprint density at radius 1 is 1.04 bits per heavy atom. The zero-order valence-corrected chi connectivity index (χ0v) is 14.4. The molecule has 2 N–H and O–H groups in total. The maximum absolute atomic E-state index is 12.1. The Kier molecular flexibility index (Phi) is 5.63. The van der Waals surface area contributed by atoms with E-state index in [2.05, 4.69) is 10.6 Å². The topological polar surface area (TPSA) is 78.5 Å². The number of rotatable bonds is 6. The van der Waals surface area contributed by atoms with Crippen LogP contribution < -0.4 is 10.6 Å². The van der Waals surface area contributed by atoms with E-state index in [1.54, 1.807) is 30.3 Å². The van der Waals surface area contributed by atoms with Gasteiger partial charge in [-0.15, -0.1) is 0 Å². The molecule has 0 bridgehead atoms. The normalized spacial score (nSPS) is 13.5. The highest BCUT2D eigenvalue weighted by molar-refractivity contribution is 5.99. The van der Waals surface area contributed by atoms with Gasteiger partial charge in [-0.25, -0.2) is 0 Å². The first-order valence-electron chi connectivity index (χ1n) is 8.61. The molecule has 1 fully saturated rings. The van der Waals surface area contributed by atoms with Crippen molar-refractivity contribution in [3.8, 4) is 0 Å². The molecule has 26 heavy (non-hydrogen) atoms. The van der Waals surface area contributed by atoms with Gasteiger partial charge in [-0.2, -0.15) is 0 Å². The van der Waals surface area contributed by atoms with Crippen molar-refractivity contribution >= 4 is 23.4 Å². The molecule has 6 heteroatoms. The Morgan fingerprint density at radius 2 is 1.85 bits per heavy atom. The first-order chi connectivity index (χ1) is 12.6. The number of hydrogen-bond acceptors (Lipinski definition) is 3. The minimum Gasteiger partial charge on any atom is -0.343 e. The largest absolute Gasteiger partial charge is 0.343 e. The van der Waals surface area contributed by atoms with Gasteiger partial charge >= 0.3 is 0 Å². The second-order valence-corrected chi connectivity index (χ2v) is 6.22. The molecule has 0 atom stereocenters. The molecule has 0 radical (unpaired) electrons. The summed E-state index contributed by atoms with van der Waals surface area (Å²) in [6.45, 7) is 1.22. The van der Waals surface area contributed by atoms with Crippen LogP contribution in [0.5, 0.6) is 0 Å². The standard InChI is InChI=1S/C20H21N3O3/c24-18(13-21-20(26)16-7-2-1-3-8-16)22-17-9-4-6-15(12-17)14-23-11-5-10-19(23)25/h1-4,6-9,12H,5,10-11,13-14H2,(H,21,26)(H,22,24). The number of nitrogens with zero attached hydrogens (tertiary/aromatic N) is 1. The molecule has 0 spiro atoms. The smallest absolute Gasteiger partial charge is 0.251 e. The molecule has 2 aromatic carbocycles. The number of amides is 3. The van der Waals surface area contributed by atoms with Crippen LogP contribution in [-0.2, 0) is 16.1 Å². The Balaban J connectivity index is 1.52. The van der Waals surface area contributed by atoms with E-state index in [1.165, 1.54) is 0 Å². The maximum Gasteiger partial charge on any atom is 0.251 e. The lowest BCUT2D eigenvalue weighted by atomic mass is 10.2. The van der Waals surface area contributed by atoms with Crippen molar-refractivity contribution < 1.29 is 14.4 Å². The SMILES string of the molecule is O=C(CNC(=O)c1ccccc1)Nc1cccc(CN2CCCC2=O)c1. The predicted molar refractivity (Wildman–Crippen MR) is 98.5 cm³/mol. The van der Waals surface area contributed by atoms with Gasteiger partial charge in [0.25, 0.3) is 5.91 Å². The van der Waals surface area contributed by atoms with Crippen LogP contribution in [0, 0.1) is 0 Å². The van der Waals surface area contributed by atoms with Crippen LogP contribution in [0.4, 0.5) is 5.69 Å². The molecule has 0 aromatic heterocycles. The van der Waals surface area contributed by atoms with Crippen molar-refractivity contribution in [1.82, 2.24) is 10.2 Å². The van der Waals surface area contributed by atoms with E-state index in [0.717, 1.165) is 18.5 Å². The summed E-state index contributed by atoms with van der Waals surface area (Å²) in [5, 5.41) is 5.36. The Labute approximate surface area is 152 Å². The minimum atomic E-state index is -0.302. The maximum atomic E-state index is 12.1. The third-order valence-electron chi connectivity index (χ3n) is 4.20. The van der Waals surface area contributed by atoms with Crippen molar-refractivity contribution in [3.05, 3.63) is 65.7 Å². The predicted octanol–water partition coefficient (Wildman–Crippen LogP) is 2.18. The molecule has 3 amide bonds. The van der Waals surface area contributed by atoms with Crippen molar-refractivity contribution in [3.63, 3.8) is 0 Å². The van der Waals surface area contributed by atoms with Crippen LogP contribution in [0.1, 0.15) is 28.8 Å². The Morgan fingerprint density at radius 3 is 2.58 bits per heavy atom. The molecule has 0 unspecified atom stereocenters. The molecular formula is C20H21N3O3. The first-order valence-corrected chi connectivity index (χ1v) is 8.61. The highest BCUT2D eigenvalue weighted by Gasteiger charge is 2.20. The minimum absolute atomic E-state index is 0.109. The quantitative estimate of drug-likeness (QED) is 0.837. The molecule has 1 aliphatic heterocycles. The molecule has 134 valence electrons. The van der Waals surface area contributed by atoms with Gasteiger partial charge in [-0.05, 0) is 36.2 Å². The van der Waals surface area contributed by atoms with E-state index in [1.807, 2.05) is 29.2 Å². The van der Waals surface area contributed by atoms with Gasteiger partial charge in [0.2, 0.25) is 11.8 Å². The summed E-state index contributed by atoms with van der Waals surface area (Å²) in [5.41, 5.74) is 2.12. The number of nitrogens with one attached hydrogen (secondary N) is 2. The van der Waals surface area contributed by atoms with E-state index in [4.69, 9.17) is 0 Å². The molecule has 6 nitrogen and oxygen atoms in total. The monoisotopic (exact) mass is 351 g/mol. The van der Waals surface area contributed by atoms with E-state index in [-0.39, 0.29) is 24.3 Å². The van der Waals surface area contributed by atoms with Gasteiger partial charge in [0.15, 0.2) is 0 Å². The Hall–Kier alpha value is -3.15. The van der Waals surface area contributed by atoms with E-state index >= 15 is 0 Å². The molecule has 0 aliphatic carbocycles. The van der Waals surface area contributed by atoms with Gasteiger partial charge < -0.3 is 15.5 Å². The number of benzene rings is 2. The molecule has 3 rings (SSSR count). The summed E-state index contributed by atoms with van der Waals surface area (Å²) >= 11 is 0. The van der Waals surface area contributed by atoms with Crippen LogP contribution in [0.3, 0.4) is 0 Å². The molecule has 0 saturated carbocycles. The van der Waals surface area contributed by atoms with E-state index in [0.29, 0.717) is 24.2 Å². The molecule has 1 aliphatic rings. The number of carbonyl (C=O) groups is 3. The number of carbonyl (C=O) groups excluding carboxylic acids is 3. The summed E-state index contributed by atoms with van der Waals surface area (Å²) in [5.74, 6) is -0.422. The fourth-order valence-corrected chi connectivity index (χ4v) is 2.90. The van der Waals surface area contributed by atoms with Crippen molar-refractivity contribution in [2.24, 2.45) is 0 Å². The summed E-state index contributed by atoms with van der Waals surface area (Å²) in [6.07, 6.45) is 1.51. The Bertz CT molecular complexity index is 805. The highest BCUT2D eigenvalue weighted by atomic mass is 16.2. The van der Waals surface area contributed by atoms with Gasteiger partial charge in [0.05, 0.1) is 6.54 Å². The fraction of sp³-hybridized carbons (Fsp3) is 0.250. The second kappa shape index (κ2) is 8.29. The van der Waals surface area contributed by atoms with E-state index in [9.17, 15) is 14.4 Å². The molecular weight excluding hydrogens is 330 g/mol. The van der Waals surface area contributed by atoms with Crippen LogP contribution in [0.15, 0.2) is 54.6 Å². The zero-order chi connectivity index (χ0) is 18.4. The van der Waals surface area contributed by atoms with Crippen molar-refractivity contribution in [1.29, 1.82) is 0 Å². The number of likely N-dealkylation sites (tertiary alicyclic amines) is 1. The van der Waals surface area contributed by atoms with Gasteiger partial charge in [0, 0.05) is 30.8 Å². The van der Waals surface area contributed by atoms with Crippen molar-refractivity contribution in [2.45, 2.75) is 19.4 Å². The third kappa shape index (κ3) is 4.69. The number of hydrogen-bond donors (Lipinski definition) is 2. The lowest BCUT2D eigenvalue weighted by molar-refractivity contribution is -0.128. The average molecular weight is 351 g/mol. The highest BCUT2D eigenvalue weighted by Crippen LogP contribution is 2.17. The van der Waals surface area contributed by atoms with Crippen molar-refractivity contribution in [2.75, 3.05) is 18.4 Å². The fourth-order valence-electron chi connectivity index (χ4n) is 2.90. The van der Waals surface area contributed by atoms with Gasteiger partial charge in [0.1, 0.15) is 0 Å². The zero-order valence-electron chi connectivity index (χ0n) is 14.4. The number of anilines is 1. The second-order valence-electron chi connectivity index (χ2n) is 6.22.